The normalized spacial score (nSPS) is 16.3. The van der Waals surface area contributed by atoms with Crippen LogP contribution in [0.4, 0.5) is 0 Å². The van der Waals surface area contributed by atoms with Crippen LogP contribution in [0.15, 0.2) is 54.1 Å². The number of nitrogens with zero attached hydrogens (tertiary/aromatic N) is 8. The Morgan fingerprint density at radius 2 is 2.09 bits per heavy atom. The first-order valence-corrected chi connectivity index (χ1v) is 11.6. The van der Waals surface area contributed by atoms with Crippen LogP contribution in [0, 0.1) is 5.92 Å². The lowest BCUT2D eigenvalue weighted by Gasteiger charge is -2.31. The van der Waals surface area contributed by atoms with Crippen LogP contribution < -0.4 is 0 Å². The smallest absolute Gasteiger partial charge is 0.233 e. The second kappa shape index (κ2) is 9.10. The minimum atomic E-state index is -0.220. The molecule has 1 aliphatic rings. The largest absolute Gasteiger partial charge is 0.341 e. The van der Waals surface area contributed by atoms with Crippen LogP contribution in [0.25, 0.3) is 17.0 Å². The number of aryl methyl sites for hydroxylation is 1. The first-order valence-electron chi connectivity index (χ1n) is 10.6. The Balaban J connectivity index is 1.25. The van der Waals surface area contributed by atoms with E-state index in [1.165, 1.54) is 11.8 Å². The molecule has 168 valence electrons. The van der Waals surface area contributed by atoms with Gasteiger partial charge < -0.3 is 9.47 Å². The highest BCUT2D eigenvalue weighted by Crippen LogP contribution is 2.23. The third-order valence-corrected chi connectivity index (χ3v) is 6.59. The summed E-state index contributed by atoms with van der Waals surface area (Å²) in [5, 5.41) is 13.7. The maximum Gasteiger partial charge on any atom is 0.233 e. The number of piperidine rings is 1. The monoisotopic (exact) mass is 462 g/mol. The molecule has 0 aliphatic carbocycles. The van der Waals surface area contributed by atoms with Crippen molar-refractivity contribution in [1.29, 1.82) is 0 Å². The number of thioether (sulfide) groups is 1. The molecule has 0 saturated carbocycles. The molecule has 0 radical (unpaired) electrons. The van der Waals surface area contributed by atoms with Crippen LogP contribution in [0.1, 0.15) is 23.5 Å². The van der Waals surface area contributed by atoms with Crippen molar-refractivity contribution in [2.45, 2.75) is 17.9 Å². The van der Waals surface area contributed by atoms with Crippen LogP contribution in [-0.4, -0.2) is 69.8 Å². The fraction of sp³-hybridized carbons (Fsp3) is 0.318. The van der Waals surface area contributed by atoms with E-state index in [0.29, 0.717) is 35.4 Å². The summed E-state index contributed by atoms with van der Waals surface area (Å²) in [6.07, 6.45) is 8.36. The Kier molecular flexibility index (Phi) is 5.86. The number of ketones is 1. The summed E-state index contributed by atoms with van der Waals surface area (Å²) in [6.45, 7) is 1.08. The van der Waals surface area contributed by atoms with E-state index in [9.17, 15) is 9.59 Å². The molecule has 1 aliphatic heterocycles. The van der Waals surface area contributed by atoms with Gasteiger partial charge in [0, 0.05) is 56.4 Å². The number of pyridine rings is 1. The average Bonchev–Trinajstić information content (AvgIpc) is 3.48. The van der Waals surface area contributed by atoms with Gasteiger partial charge in [-0.05, 0) is 37.1 Å². The molecule has 1 atom stereocenters. The first-order chi connectivity index (χ1) is 16.1. The number of rotatable bonds is 6. The molecule has 1 saturated heterocycles. The van der Waals surface area contributed by atoms with Gasteiger partial charge in [0.25, 0.3) is 0 Å². The number of amides is 1. The van der Waals surface area contributed by atoms with Crippen molar-refractivity contribution >= 4 is 29.1 Å². The van der Waals surface area contributed by atoms with Crippen LogP contribution in [-0.2, 0) is 11.8 Å². The zero-order chi connectivity index (χ0) is 22.8. The molecule has 10 nitrogen and oxygen atoms in total. The first kappa shape index (κ1) is 21.3. The lowest BCUT2D eigenvalue weighted by atomic mass is 9.93. The number of Topliss-reactive ketones (excluding diaryl/α,β-unsaturated/α-hetero) is 1. The minimum absolute atomic E-state index is 0.00419. The lowest BCUT2D eigenvalue weighted by molar-refractivity contribution is -0.129. The van der Waals surface area contributed by atoms with Crippen molar-refractivity contribution in [3.8, 4) is 11.4 Å². The fourth-order valence-corrected chi connectivity index (χ4v) is 4.71. The average molecular weight is 463 g/mol. The van der Waals surface area contributed by atoms with Gasteiger partial charge in [-0.2, -0.15) is 9.61 Å². The summed E-state index contributed by atoms with van der Waals surface area (Å²) in [5.74, 6) is 1.05. The van der Waals surface area contributed by atoms with Crippen molar-refractivity contribution in [3.63, 3.8) is 0 Å². The Morgan fingerprint density at radius 1 is 1.18 bits per heavy atom. The van der Waals surface area contributed by atoms with Crippen LogP contribution in [0.5, 0.6) is 0 Å². The van der Waals surface area contributed by atoms with Crippen molar-refractivity contribution < 1.29 is 9.59 Å². The summed E-state index contributed by atoms with van der Waals surface area (Å²) in [6, 6.07) is 7.39. The molecule has 1 unspecified atom stereocenters. The number of imidazole rings is 1. The zero-order valence-corrected chi connectivity index (χ0v) is 18.9. The van der Waals surface area contributed by atoms with E-state index in [1.54, 1.807) is 38.8 Å². The summed E-state index contributed by atoms with van der Waals surface area (Å²) >= 11 is 1.36. The van der Waals surface area contributed by atoms with Gasteiger partial charge in [0.15, 0.2) is 17.3 Å². The molecule has 0 spiro atoms. The van der Waals surface area contributed by atoms with Crippen molar-refractivity contribution in [2.75, 3.05) is 18.8 Å². The van der Waals surface area contributed by atoms with E-state index in [2.05, 4.69) is 25.3 Å². The number of carbonyl (C=O) groups is 2. The number of hydrogen-bond acceptors (Lipinski definition) is 8. The van der Waals surface area contributed by atoms with E-state index in [1.807, 2.05) is 31.3 Å². The molecule has 0 aromatic carbocycles. The number of hydrogen-bond donors (Lipinski definition) is 0. The van der Waals surface area contributed by atoms with Crippen LogP contribution in [0.2, 0.25) is 0 Å². The number of carbonyl (C=O) groups excluding carboxylic acids is 2. The molecule has 1 amide bonds. The molecular formula is C22H22N8O2S. The predicted octanol–water partition coefficient (Wildman–Crippen LogP) is 2.13. The van der Waals surface area contributed by atoms with Gasteiger partial charge in [0.2, 0.25) is 11.7 Å². The molecule has 4 aromatic heterocycles. The van der Waals surface area contributed by atoms with Gasteiger partial charge in [0.05, 0.1) is 5.75 Å². The van der Waals surface area contributed by atoms with E-state index in [-0.39, 0.29) is 23.4 Å². The quantitative estimate of drug-likeness (QED) is 0.317. The van der Waals surface area contributed by atoms with Crippen molar-refractivity contribution in [2.24, 2.45) is 13.0 Å². The lowest BCUT2D eigenvalue weighted by Crippen LogP contribution is -2.43. The van der Waals surface area contributed by atoms with E-state index in [0.717, 1.165) is 18.4 Å². The van der Waals surface area contributed by atoms with E-state index < -0.39 is 0 Å². The second-order valence-corrected chi connectivity index (χ2v) is 8.90. The highest BCUT2D eigenvalue weighted by Gasteiger charge is 2.30. The number of likely N-dealkylation sites (tertiary alicyclic amines) is 1. The zero-order valence-electron chi connectivity index (χ0n) is 18.0. The van der Waals surface area contributed by atoms with Gasteiger partial charge in [-0.15, -0.1) is 10.2 Å². The Hall–Kier alpha value is -3.60. The summed E-state index contributed by atoms with van der Waals surface area (Å²) < 4.78 is 3.39. The summed E-state index contributed by atoms with van der Waals surface area (Å²) in [7, 11) is 1.81. The molecule has 4 aromatic rings. The number of fused-ring (bicyclic) bond motifs is 1. The van der Waals surface area contributed by atoms with Crippen molar-refractivity contribution in [3.05, 3.63) is 54.9 Å². The highest BCUT2D eigenvalue weighted by atomic mass is 32.2. The van der Waals surface area contributed by atoms with E-state index >= 15 is 0 Å². The molecule has 0 bridgehead atoms. The van der Waals surface area contributed by atoms with Gasteiger partial charge in [-0.25, -0.2) is 4.98 Å². The Bertz CT molecular complexity index is 1300. The Labute approximate surface area is 194 Å². The molecule has 0 N–H and O–H groups in total. The molecule has 11 heteroatoms. The third-order valence-electron chi connectivity index (χ3n) is 5.69. The van der Waals surface area contributed by atoms with Crippen LogP contribution >= 0.6 is 11.8 Å². The minimum Gasteiger partial charge on any atom is -0.341 e. The molecule has 5 rings (SSSR count). The van der Waals surface area contributed by atoms with Gasteiger partial charge >= 0.3 is 0 Å². The van der Waals surface area contributed by atoms with Gasteiger partial charge in [-0.1, -0.05) is 11.8 Å². The van der Waals surface area contributed by atoms with Crippen LogP contribution in [0.3, 0.4) is 0 Å². The molecule has 1 fully saturated rings. The SMILES string of the molecule is Cn1ccnc1C(=O)C1CCCN(C(=O)CSc2ccc3nnc(-c4cccnc4)n3n2)C1. The van der Waals surface area contributed by atoms with Gasteiger partial charge in [0.1, 0.15) is 5.03 Å². The summed E-state index contributed by atoms with van der Waals surface area (Å²) in [5.41, 5.74) is 1.43. The second-order valence-electron chi connectivity index (χ2n) is 7.90. The molecular weight excluding hydrogens is 440 g/mol. The fourth-order valence-electron chi connectivity index (χ4n) is 3.95. The van der Waals surface area contributed by atoms with Gasteiger partial charge in [-0.3, -0.25) is 14.6 Å². The molecule has 5 heterocycles. The predicted molar refractivity (Wildman–Crippen MR) is 122 cm³/mol. The third kappa shape index (κ3) is 4.36. The maximum absolute atomic E-state index is 12.9. The topological polar surface area (TPSA) is 111 Å². The summed E-state index contributed by atoms with van der Waals surface area (Å²) in [4.78, 5) is 35.8. The maximum atomic E-state index is 12.9. The standard InChI is InChI=1S/C22H22N8O2S/c1-28-11-9-24-22(28)20(32)16-5-3-10-29(13-16)19(31)14-33-18-7-6-17-25-26-21(30(17)27-18)15-4-2-8-23-12-15/h2,4,6-9,11-12,16H,3,5,10,13-14H2,1H3. The number of aromatic nitrogens is 7. The Morgan fingerprint density at radius 3 is 2.88 bits per heavy atom. The highest BCUT2D eigenvalue weighted by molar-refractivity contribution is 7.99. The van der Waals surface area contributed by atoms with Crippen molar-refractivity contribution in [1.82, 2.24) is 39.2 Å². The van der Waals surface area contributed by atoms with E-state index in [4.69, 9.17) is 0 Å². The molecule has 33 heavy (non-hydrogen) atoms.